The number of piperazine rings is 1. The molecule has 0 atom stereocenters. The van der Waals surface area contributed by atoms with Gasteiger partial charge in [0, 0.05) is 26.2 Å². The summed E-state index contributed by atoms with van der Waals surface area (Å²) in [6.07, 6.45) is 0. The molecule has 0 radical (unpaired) electrons. The Hall–Kier alpha value is -0.930. The maximum atomic E-state index is 6.30. The van der Waals surface area contributed by atoms with E-state index in [1.54, 1.807) is 7.11 Å². The molecule has 1 saturated heterocycles. The summed E-state index contributed by atoms with van der Waals surface area (Å²) in [6, 6.07) is 4.02. The lowest BCUT2D eigenvalue weighted by Crippen LogP contribution is -2.43. The molecule has 0 aromatic heterocycles. The Balaban J connectivity index is 2.37. The summed E-state index contributed by atoms with van der Waals surface area (Å²) in [5.74, 6) is 0.868. The van der Waals surface area contributed by atoms with E-state index in [4.69, 9.17) is 16.3 Å². The van der Waals surface area contributed by atoms with E-state index in [2.05, 4.69) is 10.2 Å². The number of hydrogen-bond acceptors (Lipinski definition) is 3. The normalized spacial score (nSPS) is 16.3. The Labute approximate surface area is 101 Å². The van der Waals surface area contributed by atoms with E-state index in [9.17, 15) is 0 Å². The highest BCUT2D eigenvalue weighted by atomic mass is 35.5. The zero-order valence-electron chi connectivity index (χ0n) is 9.72. The molecule has 0 saturated carbocycles. The molecule has 0 spiro atoms. The zero-order valence-corrected chi connectivity index (χ0v) is 10.5. The standard InChI is InChI=1S/C12H17ClN2O/c1-9-7-10(13)12(11(8-9)16-2)15-5-3-14-4-6-15/h7-8,14H,3-6H2,1-2H3. The average Bonchev–Trinajstić information content (AvgIpc) is 2.29. The van der Waals surface area contributed by atoms with Gasteiger partial charge >= 0.3 is 0 Å². The van der Waals surface area contributed by atoms with Crippen molar-refractivity contribution in [3.05, 3.63) is 22.7 Å². The number of halogens is 1. The number of methoxy groups -OCH3 is 1. The molecule has 2 rings (SSSR count). The summed E-state index contributed by atoms with van der Waals surface area (Å²) in [4.78, 5) is 2.27. The Kier molecular flexibility index (Phi) is 3.56. The lowest BCUT2D eigenvalue weighted by atomic mass is 10.1. The second-order valence-corrected chi connectivity index (χ2v) is 4.44. The van der Waals surface area contributed by atoms with Crippen LogP contribution < -0.4 is 15.0 Å². The van der Waals surface area contributed by atoms with E-state index in [1.165, 1.54) is 0 Å². The molecule has 1 heterocycles. The van der Waals surface area contributed by atoms with Gasteiger partial charge in [-0.3, -0.25) is 0 Å². The third-order valence-corrected chi connectivity index (χ3v) is 3.11. The Morgan fingerprint density at radius 2 is 2.00 bits per heavy atom. The van der Waals surface area contributed by atoms with Crippen LogP contribution in [0.1, 0.15) is 5.56 Å². The Morgan fingerprint density at radius 3 is 2.62 bits per heavy atom. The molecule has 0 unspecified atom stereocenters. The first-order valence-corrected chi connectivity index (χ1v) is 5.90. The van der Waals surface area contributed by atoms with E-state index in [0.29, 0.717) is 0 Å². The minimum atomic E-state index is 0.777. The fourth-order valence-electron chi connectivity index (χ4n) is 2.05. The number of ether oxygens (including phenoxy) is 1. The summed E-state index contributed by atoms with van der Waals surface area (Å²) in [5.41, 5.74) is 2.15. The van der Waals surface area contributed by atoms with Gasteiger partial charge in [-0.25, -0.2) is 0 Å². The van der Waals surface area contributed by atoms with Crippen LogP contribution in [0, 0.1) is 6.92 Å². The quantitative estimate of drug-likeness (QED) is 0.857. The van der Waals surface area contributed by atoms with Gasteiger partial charge in [-0.05, 0) is 24.6 Å². The minimum absolute atomic E-state index is 0.777. The molecule has 88 valence electrons. The predicted molar refractivity (Wildman–Crippen MR) is 67.8 cm³/mol. The molecule has 1 fully saturated rings. The van der Waals surface area contributed by atoms with Crippen molar-refractivity contribution in [1.82, 2.24) is 5.32 Å². The van der Waals surface area contributed by atoms with Crippen molar-refractivity contribution >= 4 is 17.3 Å². The lowest BCUT2D eigenvalue weighted by Gasteiger charge is -2.31. The van der Waals surface area contributed by atoms with Gasteiger partial charge in [0.2, 0.25) is 0 Å². The van der Waals surface area contributed by atoms with Crippen molar-refractivity contribution in [3.8, 4) is 5.75 Å². The van der Waals surface area contributed by atoms with E-state index < -0.39 is 0 Å². The number of rotatable bonds is 2. The smallest absolute Gasteiger partial charge is 0.143 e. The van der Waals surface area contributed by atoms with Crippen LogP contribution in [0.3, 0.4) is 0 Å². The van der Waals surface area contributed by atoms with Crippen molar-refractivity contribution in [2.45, 2.75) is 6.92 Å². The Morgan fingerprint density at radius 1 is 1.31 bits per heavy atom. The van der Waals surface area contributed by atoms with Crippen LogP contribution in [-0.4, -0.2) is 33.3 Å². The summed E-state index contributed by atoms with van der Waals surface area (Å²) < 4.78 is 5.41. The molecule has 0 amide bonds. The van der Waals surface area contributed by atoms with Gasteiger partial charge in [-0.1, -0.05) is 11.6 Å². The van der Waals surface area contributed by atoms with E-state index in [-0.39, 0.29) is 0 Å². The molecule has 1 N–H and O–H groups in total. The highest BCUT2D eigenvalue weighted by molar-refractivity contribution is 6.33. The highest BCUT2D eigenvalue weighted by Crippen LogP contribution is 2.37. The first-order valence-electron chi connectivity index (χ1n) is 5.52. The number of aryl methyl sites for hydroxylation is 1. The third kappa shape index (κ3) is 2.25. The van der Waals surface area contributed by atoms with Crippen LogP contribution in [0.2, 0.25) is 5.02 Å². The molecule has 1 aromatic carbocycles. The number of nitrogens with zero attached hydrogens (tertiary/aromatic N) is 1. The van der Waals surface area contributed by atoms with Crippen LogP contribution in [0.15, 0.2) is 12.1 Å². The van der Waals surface area contributed by atoms with Crippen LogP contribution >= 0.6 is 11.6 Å². The van der Waals surface area contributed by atoms with Crippen molar-refractivity contribution in [1.29, 1.82) is 0 Å². The zero-order chi connectivity index (χ0) is 11.5. The largest absolute Gasteiger partial charge is 0.495 e. The van der Waals surface area contributed by atoms with Crippen molar-refractivity contribution < 1.29 is 4.74 Å². The van der Waals surface area contributed by atoms with Gasteiger partial charge < -0.3 is 15.0 Å². The molecule has 0 aliphatic carbocycles. The summed E-state index contributed by atoms with van der Waals surface area (Å²) in [5, 5.41) is 4.10. The Bertz CT molecular complexity index is 376. The van der Waals surface area contributed by atoms with Crippen LogP contribution in [0.5, 0.6) is 5.75 Å². The van der Waals surface area contributed by atoms with Crippen molar-refractivity contribution in [3.63, 3.8) is 0 Å². The first kappa shape index (κ1) is 11.6. The second-order valence-electron chi connectivity index (χ2n) is 4.03. The molecule has 1 aliphatic heterocycles. The third-order valence-electron chi connectivity index (χ3n) is 2.83. The van der Waals surface area contributed by atoms with Gasteiger partial charge in [0.15, 0.2) is 0 Å². The van der Waals surface area contributed by atoms with Gasteiger partial charge in [0.1, 0.15) is 5.75 Å². The molecule has 16 heavy (non-hydrogen) atoms. The summed E-state index contributed by atoms with van der Waals surface area (Å²) in [6.45, 7) is 5.95. The van der Waals surface area contributed by atoms with Gasteiger partial charge in [-0.2, -0.15) is 0 Å². The van der Waals surface area contributed by atoms with Crippen LogP contribution in [-0.2, 0) is 0 Å². The predicted octanol–water partition coefficient (Wildman–Crippen LogP) is 2.07. The average molecular weight is 241 g/mol. The maximum absolute atomic E-state index is 6.30. The van der Waals surface area contributed by atoms with Gasteiger partial charge in [-0.15, -0.1) is 0 Å². The van der Waals surface area contributed by atoms with Crippen molar-refractivity contribution in [2.24, 2.45) is 0 Å². The molecular weight excluding hydrogens is 224 g/mol. The molecular formula is C12H17ClN2O. The maximum Gasteiger partial charge on any atom is 0.143 e. The fraction of sp³-hybridized carbons (Fsp3) is 0.500. The SMILES string of the molecule is COc1cc(C)cc(Cl)c1N1CCNCC1. The topological polar surface area (TPSA) is 24.5 Å². The van der Waals surface area contributed by atoms with Crippen LogP contribution in [0.25, 0.3) is 0 Å². The highest BCUT2D eigenvalue weighted by Gasteiger charge is 2.18. The molecule has 1 aliphatic rings. The summed E-state index contributed by atoms with van der Waals surface area (Å²) in [7, 11) is 1.69. The molecule has 1 aromatic rings. The number of anilines is 1. The van der Waals surface area contributed by atoms with Gasteiger partial charge in [0.05, 0.1) is 17.8 Å². The first-order chi connectivity index (χ1) is 7.72. The molecule has 4 heteroatoms. The summed E-state index contributed by atoms with van der Waals surface area (Å²) >= 11 is 6.30. The van der Waals surface area contributed by atoms with E-state index >= 15 is 0 Å². The molecule has 3 nitrogen and oxygen atoms in total. The minimum Gasteiger partial charge on any atom is -0.495 e. The van der Waals surface area contributed by atoms with Gasteiger partial charge in [0.25, 0.3) is 0 Å². The van der Waals surface area contributed by atoms with E-state index in [1.807, 2.05) is 19.1 Å². The lowest BCUT2D eigenvalue weighted by molar-refractivity contribution is 0.412. The van der Waals surface area contributed by atoms with E-state index in [0.717, 1.165) is 48.2 Å². The number of benzene rings is 1. The van der Waals surface area contributed by atoms with Crippen LogP contribution in [0.4, 0.5) is 5.69 Å². The number of hydrogen-bond donors (Lipinski definition) is 1. The second kappa shape index (κ2) is 4.93. The van der Waals surface area contributed by atoms with Crippen molar-refractivity contribution in [2.75, 3.05) is 38.2 Å². The molecule has 0 bridgehead atoms. The number of nitrogens with one attached hydrogen (secondary N) is 1. The monoisotopic (exact) mass is 240 g/mol. The fourth-order valence-corrected chi connectivity index (χ4v) is 2.44.